The first-order valence-electron chi connectivity index (χ1n) is 5.74. The van der Waals surface area contributed by atoms with Crippen LogP contribution in [0.25, 0.3) is 0 Å². The molecule has 0 saturated heterocycles. The number of ether oxygens (including phenoxy) is 1. The lowest BCUT2D eigenvalue weighted by molar-refractivity contribution is 0.0924. The predicted octanol–water partition coefficient (Wildman–Crippen LogP) is 1.41. The number of benzene rings is 1. The fraction of sp³-hybridized carbons (Fsp3) is 0.462. The number of amides is 1. The molecule has 4 nitrogen and oxygen atoms in total. The van der Waals surface area contributed by atoms with Crippen LogP contribution in [0.3, 0.4) is 0 Å². The zero-order valence-corrected chi connectivity index (χ0v) is 10.6. The summed E-state index contributed by atoms with van der Waals surface area (Å²) >= 11 is 0. The summed E-state index contributed by atoms with van der Waals surface area (Å²) in [7, 11) is 1.55. The average Bonchev–Trinajstić information content (AvgIpc) is 2.35. The normalized spacial score (nSPS) is 12.3. The molecule has 0 aliphatic carbocycles. The third-order valence-electron chi connectivity index (χ3n) is 2.73. The summed E-state index contributed by atoms with van der Waals surface area (Å²) in [6.45, 7) is 4.48. The third-order valence-corrected chi connectivity index (χ3v) is 2.73. The van der Waals surface area contributed by atoms with Crippen molar-refractivity contribution < 1.29 is 9.53 Å². The molecule has 94 valence electrons. The Kier molecular flexibility index (Phi) is 4.97. The van der Waals surface area contributed by atoms with Crippen LogP contribution in [0, 0.1) is 5.92 Å². The molecule has 1 rings (SSSR count). The van der Waals surface area contributed by atoms with Gasteiger partial charge in [-0.05, 0) is 18.1 Å². The molecule has 1 amide bonds. The first-order chi connectivity index (χ1) is 8.10. The molecule has 0 fully saturated rings. The molecule has 0 bridgehead atoms. The van der Waals surface area contributed by atoms with Gasteiger partial charge in [-0.1, -0.05) is 26.0 Å². The highest BCUT2D eigenvalue weighted by Crippen LogP contribution is 2.17. The minimum atomic E-state index is -0.147. The van der Waals surface area contributed by atoms with Crippen molar-refractivity contribution in [2.45, 2.75) is 19.9 Å². The minimum Gasteiger partial charge on any atom is -0.496 e. The van der Waals surface area contributed by atoms with E-state index in [0.29, 0.717) is 23.8 Å². The van der Waals surface area contributed by atoms with E-state index in [0.717, 1.165) is 0 Å². The summed E-state index contributed by atoms with van der Waals surface area (Å²) in [5.74, 6) is 0.731. The number of methoxy groups -OCH3 is 1. The lowest BCUT2D eigenvalue weighted by atomic mass is 10.0. The van der Waals surface area contributed by atoms with Gasteiger partial charge < -0.3 is 15.8 Å². The van der Waals surface area contributed by atoms with Gasteiger partial charge >= 0.3 is 0 Å². The second-order valence-corrected chi connectivity index (χ2v) is 4.26. The van der Waals surface area contributed by atoms with Gasteiger partial charge in [0.2, 0.25) is 0 Å². The minimum absolute atomic E-state index is 0.0209. The summed E-state index contributed by atoms with van der Waals surface area (Å²) in [5.41, 5.74) is 6.16. The van der Waals surface area contributed by atoms with E-state index in [9.17, 15) is 4.79 Å². The van der Waals surface area contributed by atoms with E-state index in [1.54, 1.807) is 19.2 Å². The molecule has 1 atom stereocenters. The van der Waals surface area contributed by atoms with Crippen LogP contribution in [0.4, 0.5) is 0 Å². The second kappa shape index (κ2) is 6.25. The Hall–Kier alpha value is -1.55. The van der Waals surface area contributed by atoms with E-state index < -0.39 is 0 Å². The standard InChI is InChI=1S/C13H20N2O2/c1-9(2)11(8-14)15-13(16)10-6-4-5-7-12(10)17-3/h4-7,9,11H,8,14H2,1-3H3,(H,15,16). The summed E-state index contributed by atoms with van der Waals surface area (Å²) in [6, 6.07) is 7.12. The Balaban J connectivity index is 2.82. The molecule has 0 aliphatic rings. The van der Waals surface area contributed by atoms with Crippen molar-refractivity contribution >= 4 is 5.91 Å². The quantitative estimate of drug-likeness (QED) is 0.812. The Morgan fingerprint density at radius 3 is 2.59 bits per heavy atom. The molecule has 1 aromatic rings. The Morgan fingerprint density at radius 1 is 1.41 bits per heavy atom. The second-order valence-electron chi connectivity index (χ2n) is 4.26. The Bertz CT molecular complexity index is 377. The molecule has 0 aromatic heterocycles. The molecule has 0 spiro atoms. The van der Waals surface area contributed by atoms with Gasteiger partial charge in [0, 0.05) is 12.6 Å². The Labute approximate surface area is 102 Å². The van der Waals surface area contributed by atoms with Gasteiger partial charge in [-0.3, -0.25) is 4.79 Å². The maximum atomic E-state index is 12.1. The summed E-state index contributed by atoms with van der Waals surface area (Å²) in [4.78, 5) is 12.1. The van der Waals surface area contributed by atoms with Crippen LogP contribution in [-0.2, 0) is 0 Å². The van der Waals surface area contributed by atoms with Gasteiger partial charge in [0.05, 0.1) is 12.7 Å². The van der Waals surface area contributed by atoms with Gasteiger partial charge in [0.1, 0.15) is 5.75 Å². The third kappa shape index (κ3) is 3.46. The monoisotopic (exact) mass is 236 g/mol. The topological polar surface area (TPSA) is 64.3 Å². The first kappa shape index (κ1) is 13.5. The summed E-state index contributed by atoms with van der Waals surface area (Å²) < 4.78 is 5.15. The number of rotatable bonds is 5. The molecular formula is C13H20N2O2. The van der Waals surface area contributed by atoms with Crippen LogP contribution in [0.15, 0.2) is 24.3 Å². The number of hydrogen-bond donors (Lipinski definition) is 2. The summed E-state index contributed by atoms with van der Waals surface area (Å²) in [5, 5.41) is 2.91. The van der Waals surface area contributed by atoms with Gasteiger partial charge in [0.15, 0.2) is 0 Å². The first-order valence-corrected chi connectivity index (χ1v) is 5.74. The fourth-order valence-corrected chi connectivity index (χ4v) is 1.58. The van der Waals surface area contributed by atoms with Crippen molar-refractivity contribution in [2.75, 3.05) is 13.7 Å². The highest BCUT2D eigenvalue weighted by Gasteiger charge is 2.17. The van der Waals surface area contributed by atoms with Crippen molar-refractivity contribution in [3.05, 3.63) is 29.8 Å². The number of para-hydroxylation sites is 1. The van der Waals surface area contributed by atoms with Crippen LogP contribution >= 0.6 is 0 Å². The molecule has 0 heterocycles. The molecule has 1 unspecified atom stereocenters. The SMILES string of the molecule is COc1ccccc1C(=O)NC(CN)C(C)C. The molecule has 0 radical (unpaired) electrons. The van der Waals surface area contributed by atoms with E-state index in [4.69, 9.17) is 10.5 Å². The van der Waals surface area contributed by atoms with Gasteiger partial charge in [-0.25, -0.2) is 0 Å². The van der Waals surface area contributed by atoms with Crippen LogP contribution < -0.4 is 15.8 Å². The largest absolute Gasteiger partial charge is 0.496 e. The number of nitrogens with two attached hydrogens (primary N) is 1. The smallest absolute Gasteiger partial charge is 0.255 e. The molecule has 17 heavy (non-hydrogen) atoms. The van der Waals surface area contributed by atoms with E-state index in [2.05, 4.69) is 5.32 Å². The van der Waals surface area contributed by atoms with Gasteiger partial charge in [-0.15, -0.1) is 0 Å². The zero-order valence-electron chi connectivity index (χ0n) is 10.6. The van der Waals surface area contributed by atoms with E-state index in [1.807, 2.05) is 26.0 Å². The number of hydrogen-bond acceptors (Lipinski definition) is 3. The molecule has 0 aliphatic heterocycles. The van der Waals surface area contributed by atoms with Crippen molar-refractivity contribution in [1.29, 1.82) is 0 Å². The fourth-order valence-electron chi connectivity index (χ4n) is 1.58. The van der Waals surface area contributed by atoms with Crippen molar-refractivity contribution in [1.82, 2.24) is 5.32 Å². The van der Waals surface area contributed by atoms with Gasteiger partial charge in [-0.2, -0.15) is 0 Å². The van der Waals surface area contributed by atoms with E-state index in [-0.39, 0.29) is 11.9 Å². The number of carbonyl (C=O) groups excluding carboxylic acids is 1. The lowest BCUT2D eigenvalue weighted by Crippen LogP contribution is -2.43. The number of nitrogens with one attached hydrogen (secondary N) is 1. The van der Waals surface area contributed by atoms with Crippen molar-refractivity contribution in [3.8, 4) is 5.75 Å². The lowest BCUT2D eigenvalue weighted by Gasteiger charge is -2.21. The van der Waals surface area contributed by atoms with Crippen molar-refractivity contribution in [2.24, 2.45) is 11.7 Å². The highest BCUT2D eigenvalue weighted by atomic mass is 16.5. The molecular weight excluding hydrogens is 216 g/mol. The van der Waals surface area contributed by atoms with Crippen LogP contribution in [0.1, 0.15) is 24.2 Å². The maximum absolute atomic E-state index is 12.1. The van der Waals surface area contributed by atoms with Crippen LogP contribution in [0.2, 0.25) is 0 Å². The predicted molar refractivity (Wildman–Crippen MR) is 68.1 cm³/mol. The average molecular weight is 236 g/mol. The van der Waals surface area contributed by atoms with Crippen LogP contribution in [0.5, 0.6) is 5.75 Å². The zero-order chi connectivity index (χ0) is 12.8. The molecule has 3 N–H and O–H groups in total. The van der Waals surface area contributed by atoms with Crippen LogP contribution in [-0.4, -0.2) is 25.6 Å². The molecule has 4 heteroatoms. The van der Waals surface area contributed by atoms with E-state index in [1.165, 1.54) is 0 Å². The molecule has 0 saturated carbocycles. The van der Waals surface area contributed by atoms with Gasteiger partial charge in [0.25, 0.3) is 5.91 Å². The van der Waals surface area contributed by atoms with Crippen molar-refractivity contribution in [3.63, 3.8) is 0 Å². The highest BCUT2D eigenvalue weighted by molar-refractivity contribution is 5.97. The maximum Gasteiger partial charge on any atom is 0.255 e. The van der Waals surface area contributed by atoms with E-state index >= 15 is 0 Å². The Morgan fingerprint density at radius 2 is 2.06 bits per heavy atom. The molecule has 1 aromatic carbocycles. The summed E-state index contributed by atoms with van der Waals surface area (Å²) in [6.07, 6.45) is 0. The number of carbonyl (C=O) groups is 1.